The smallest absolute Gasteiger partial charge is 0.218 e. The lowest BCUT2D eigenvalue weighted by molar-refractivity contribution is -0.896. The van der Waals surface area contributed by atoms with Gasteiger partial charge in [0.1, 0.15) is 6.54 Å². The van der Waals surface area contributed by atoms with E-state index in [2.05, 4.69) is 55.7 Å². The number of hydrogen-bond acceptors (Lipinski definition) is 3. The summed E-state index contributed by atoms with van der Waals surface area (Å²) in [4.78, 5) is 19.1. The zero-order valence-electron chi connectivity index (χ0n) is 16.4. The Hall–Kier alpha value is -1.98. The standard InChI is InChI=1S/C22H27N3OS/c1-4-25-15(2)13-18(16(25)3)20(26)14-24-11-9-17(10-12-24)22-23-19-7-5-6-8-21(19)27-22/h5-8,13,17H,4,9-12,14H2,1-3H3/p+1. The third-order valence-corrected chi connectivity index (χ3v) is 7.15. The molecule has 142 valence electrons. The van der Waals surface area contributed by atoms with E-state index in [0.717, 1.165) is 49.2 Å². The predicted octanol–water partition coefficient (Wildman–Crippen LogP) is 3.38. The molecule has 4 nitrogen and oxygen atoms in total. The van der Waals surface area contributed by atoms with Crippen LogP contribution in [-0.2, 0) is 6.54 Å². The van der Waals surface area contributed by atoms with E-state index in [1.165, 1.54) is 20.3 Å². The van der Waals surface area contributed by atoms with Gasteiger partial charge in [0.05, 0.1) is 28.3 Å². The number of fused-ring (bicyclic) bond motifs is 1. The highest BCUT2D eigenvalue weighted by Crippen LogP contribution is 2.31. The number of para-hydroxylation sites is 1. The second-order valence-corrected chi connectivity index (χ2v) is 8.74. The van der Waals surface area contributed by atoms with Crippen LogP contribution in [0, 0.1) is 13.8 Å². The van der Waals surface area contributed by atoms with E-state index in [1.54, 1.807) is 0 Å². The highest BCUT2D eigenvalue weighted by molar-refractivity contribution is 7.18. The average molecular weight is 383 g/mol. The summed E-state index contributed by atoms with van der Waals surface area (Å²) in [5.74, 6) is 0.836. The number of piperidine rings is 1. The topological polar surface area (TPSA) is 39.3 Å². The average Bonchev–Trinajstić information content (AvgIpc) is 3.23. The Kier molecular flexibility index (Phi) is 5.15. The maximum Gasteiger partial charge on any atom is 0.218 e. The molecule has 0 radical (unpaired) electrons. The second kappa shape index (κ2) is 7.56. The van der Waals surface area contributed by atoms with Crippen LogP contribution in [0.2, 0.25) is 0 Å². The van der Waals surface area contributed by atoms with Gasteiger partial charge < -0.3 is 9.47 Å². The summed E-state index contributed by atoms with van der Waals surface area (Å²) < 4.78 is 3.51. The normalized spacial score (nSPS) is 20.3. The number of ketones is 1. The maximum absolute atomic E-state index is 12.8. The first-order valence-electron chi connectivity index (χ1n) is 9.95. The summed E-state index contributed by atoms with van der Waals surface area (Å²) >= 11 is 1.83. The number of likely N-dealkylation sites (tertiary alicyclic amines) is 1. The molecule has 4 rings (SSSR count). The van der Waals surface area contributed by atoms with E-state index in [4.69, 9.17) is 4.98 Å². The largest absolute Gasteiger partial charge is 0.349 e. The van der Waals surface area contributed by atoms with Gasteiger partial charge in [-0.05, 0) is 39.0 Å². The molecule has 1 aromatic carbocycles. The molecular weight excluding hydrogens is 354 g/mol. The molecule has 0 atom stereocenters. The molecule has 5 heteroatoms. The van der Waals surface area contributed by atoms with Gasteiger partial charge in [-0.1, -0.05) is 12.1 Å². The molecule has 1 aliphatic heterocycles. The molecule has 2 aromatic heterocycles. The minimum absolute atomic E-state index is 0.288. The van der Waals surface area contributed by atoms with Crippen molar-refractivity contribution >= 4 is 27.3 Å². The van der Waals surface area contributed by atoms with Gasteiger partial charge in [-0.2, -0.15) is 0 Å². The summed E-state index contributed by atoms with van der Waals surface area (Å²) in [6, 6.07) is 10.5. The highest BCUT2D eigenvalue weighted by Gasteiger charge is 2.28. The third-order valence-electron chi connectivity index (χ3n) is 5.95. The number of Topliss-reactive ketones (excluding diaryl/α,β-unsaturated/α-hetero) is 1. The second-order valence-electron chi connectivity index (χ2n) is 7.67. The van der Waals surface area contributed by atoms with Crippen molar-refractivity contribution in [2.24, 2.45) is 0 Å². The number of nitrogens with one attached hydrogen (secondary N) is 1. The van der Waals surface area contributed by atoms with E-state index in [9.17, 15) is 4.79 Å². The van der Waals surface area contributed by atoms with Crippen molar-refractivity contribution in [3.05, 3.63) is 52.3 Å². The molecule has 1 aliphatic rings. The highest BCUT2D eigenvalue weighted by atomic mass is 32.1. The van der Waals surface area contributed by atoms with Gasteiger partial charge in [-0.3, -0.25) is 4.79 Å². The van der Waals surface area contributed by atoms with Gasteiger partial charge in [0.2, 0.25) is 5.78 Å². The molecule has 0 amide bonds. The molecule has 1 saturated heterocycles. The first-order chi connectivity index (χ1) is 13.1. The van der Waals surface area contributed by atoms with E-state index < -0.39 is 0 Å². The van der Waals surface area contributed by atoms with Crippen LogP contribution in [0.15, 0.2) is 30.3 Å². The minimum atomic E-state index is 0.288. The maximum atomic E-state index is 12.8. The summed E-state index contributed by atoms with van der Waals surface area (Å²) in [6.07, 6.45) is 2.24. The Morgan fingerprint density at radius 3 is 2.67 bits per heavy atom. The van der Waals surface area contributed by atoms with Gasteiger partial charge in [-0.25, -0.2) is 4.98 Å². The molecule has 0 aliphatic carbocycles. The van der Waals surface area contributed by atoms with E-state index in [0.29, 0.717) is 12.5 Å². The van der Waals surface area contributed by atoms with Crippen molar-refractivity contribution < 1.29 is 9.69 Å². The molecule has 0 saturated carbocycles. The van der Waals surface area contributed by atoms with Crippen molar-refractivity contribution in [2.45, 2.75) is 46.1 Å². The lowest BCUT2D eigenvalue weighted by Crippen LogP contribution is -3.13. The molecule has 3 heterocycles. The number of quaternary nitrogens is 1. The van der Waals surface area contributed by atoms with Crippen LogP contribution < -0.4 is 4.90 Å². The van der Waals surface area contributed by atoms with E-state index in [-0.39, 0.29) is 5.78 Å². The number of carbonyl (C=O) groups excluding carboxylic acids is 1. The predicted molar refractivity (Wildman–Crippen MR) is 111 cm³/mol. The molecule has 0 bridgehead atoms. The number of aromatic nitrogens is 2. The Morgan fingerprint density at radius 1 is 1.26 bits per heavy atom. The SMILES string of the molecule is CCn1c(C)cc(C(=O)C[NH+]2CCC(c3nc4ccccc4s3)CC2)c1C. The molecule has 0 spiro atoms. The summed E-state index contributed by atoms with van der Waals surface area (Å²) in [5, 5.41) is 1.27. The Balaban J connectivity index is 1.38. The van der Waals surface area contributed by atoms with E-state index >= 15 is 0 Å². The van der Waals surface area contributed by atoms with Gasteiger partial charge in [0, 0.05) is 42.3 Å². The molecule has 0 unspecified atom stereocenters. The van der Waals surface area contributed by atoms with Crippen LogP contribution in [0.5, 0.6) is 0 Å². The number of carbonyl (C=O) groups is 1. The molecule has 1 N–H and O–H groups in total. The fraction of sp³-hybridized carbons (Fsp3) is 0.455. The fourth-order valence-electron chi connectivity index (χ4n) is 4.41. The zero-order valence-corrected chi connectivity index (χ0v) is 17.2. The number of benzene rings is 1. The van der Waals surface area contributed by atoms with E-state index in [1.807, 2.05) is 11.3 Å². The molecule has 3 aromatic rings. The van der Waals surface area contributed by atoms with Crippen LogP contribution in [0.3, 0.4) is 0 Å². The zero-order chi connectivity index (χ0) is 19.0. The monoisotopic (exact) mass is 382 g/mol. The lowest BCUT2D eigenvalue weighted by Gasteiger charge is -2.27. The number of rotatable bonds is 5. The number of nitrogens with zero attached hydrogens (tertiary/aromatic N) is 2. The lowest BCUT2D eigenvalue weighted by atomic mass is 9.97. The molecule has 1 fully saturated rings. The molecular formula is C22H28N3OS+. The summed E-state index contributed by atoms with van der Waals surface area (Å²) in [5.41, 5.74) is 4.33. The van der Waals surface area contributed by atoms with Gasteiger partial charge in [0.25, 0.3) is 0 Å². The van der Waals surface area contributed by atoms with Gasteiger partial charge in [-0.15, -0.1) is 11.3 Å². The van der Waals surface area contributed by atoms with Crippen LogP contribution in [0.4, 0.5) is 0 Å². The number of hydrogen-bond donors (Lipinski definition) is 1. The van der Waals surface area contributed by atoms with Crippen LogP contribution in [0.25, 0.3) is 10.2 Å². The number of aryl methyl sites for hydroxylation is 1. The van der Waals surface area contributed by atoms with Gasteiger partial charge >= 0.3 is 0 Å². The quantitative estimate of drug-likeness (QED) is 0.687. The van der Waals surface area contributed by atoms with Crippen LogP contribution in [-0.4, -0.2) is 35.0 Å². The van der Waals surface area contributed by atoms with Crippen molar-refractivity contribution in [1.82, 2.24) is 9.55 Å². The van der Waals surface area contributed by atoms with Crippen molar-refractivity contribution in [3.63, 3.8) is 0 Å². The van der Waals surface area contributed by atoms with Crippen LogP contribution >= 0.6 is 11.3 Å². The van der Waals surface area contributed by atoms with Crippen molar-refractivity contribution in [1.29, 1.82) is 0 Å². The fourth-order valence-corrected chi connectivity index (χ4v) is 5.54. The van der Waals surface area contributed by atoms with Crippen LogP contribution in [0.1, 0.15) is 52.4 Å². The molecule has 27 heavy (non-hydrogen) atoms. The first-order valence-corrected chi connectivity index (χ1v) is 10.8. The van der Waals surface area contributed by atoms with Crippen molar-refractivity contribution in [2.75, 3.05) is 19.6 Å². The first kappa shape index (κ1) is 18.4. The third kappa shape index (κ3) is 3.58. The summed E-state index contributed by atoms with van der Waals surface area (Å²) in [7, 11) is 0. The minimum Gasteiger partial charge on any atom is -0.349 e. The Morgan fingerprint density at radius 2 is 2.00 bits per heavy atom. The van der Waals surface area contributed by atoms with Gasteiger partial charge in [0.15, 0.2) is 0 Å². The number of thiazole rings is 1. The van der Waals surface area contributed by atoms with Crippen molar-refractivity contribution in [3.8, 4) is 0 Å². The summed E-state index contributed by atoms with van der Waals surface area (Å²) in [6.45, 7) is 9.93. The Bertz CT molecular complexity index is 930. The Labute approximate surface area is 164 Å².